The summed E-state index contributed by atoms with van der Waals surface area (Å²) in [5.41, 5.74) is 4.06. The van der Waals surface area contributed by atoms with Gasteiger partial charge in [0, 0.05) is 21.6 Å². The predicted octanol–water partition coefficient (Wildman–Crippen LogP) is 5.95. The van der Waals surface area contributed by atoms with Crippen LogP contribution in [0.2, 0.25) is 0 Å². The van der Waals surface area contributed by atoms with E-state index >= 15 is 0 Å². The molecular formula is C24H22BrN5OS. The molecule has 8 heteroatoms. The molecule has 0 aliphatic heterocycles. The zero-order chi connectivity index (χ0) is 22.3. The lowest BCUT2D eigenvalue weighted by Crippen LogP contribution is -2.29. The van der Waals surface area contributed by atoms with Crippen molar-refractivity contribution in [2.45, 2.75) is 24.4 Å². The summed E-state index contributed by atoms with van der Waals surface area (Å²) in [6.07, 6.45) is 0. The number of thioether (sulfide) groups is 1. The molecule has 4 aromatic rings. The van der Waals surface area contributed by atoms with E-state index in [2.05, 4.69) is 68.0 Å². The number of carbonyl (C=O) groups is 1. The number of hydrogen-bond acceptors (Lipinski definition) is 4. The van der Waals surface area contributed by atoms with E-state index in [1.165, 1.54) is 11.1 Å². The maximum atomic E-state index is 12.4. The zero-order valence-corrected chi connectivity index (χ0v) is 19.9. The van der Waals surface area contributed by atoms with Gasteiger partial charge in [-0.2, -0.15) is 0 Å². The zero-order valence-electron chi connectivity index (χ0n) is 17.5. The van der Waals surface area contributed by atoms with Crippen molar-refractivity contribution in [2.75, 3.05) is 5.32 Å². The van der Waals surface area contributed by atoms with Gasteiger partial charge in [-0.3, -0.25) is 4.57 Å². The van der Waals surface area contributed by atoms with Crippen LogP contribution < -0.4 is 10.6 Å². The van der Waals surface area contributed by atoms with Crippen LogP contribution in [-0.4, -0.2) is 20.8 Å². The van der Waals surface area contributed by atoms with E-state index in [-0.39, 0.29) is 12.6 Å². The third kappa shape index (κ3) is 5.77. The summed E-state index contributed by atoms with van der Waals surface area (Å²) in [6, 6.07) is 25.5. The second-order valence-electron chi connectivity index (χ2n) is 7.16. The first-order chi connectivity index (χ1) is 15.6. The van der Waals surface area contributed by atoms with Crippen molar-refractivity contribution in [1.29, 1.82) is 0 Å². The highest BCUT2D eigenvalue weighted by Crippen LogP contribution is 2.25. The fourth-order valence-electron chi connectivity index (χ4n) is 3.05. The molecular weight excluding hydrogens is 486 g/mol. The van der Waals surface area contributed by atoms with Gasteiger partial charge in [-0.15, -0.1) is 10.2 Å². The Kier molecular flexibility index (Phi) is 7.24. The van der Waals surface area contributed by atoms with Crippen molar-refractivity contribution < 1.29 is 4.79 Å². The van der Waals surface area contributed by atoms with E-state index in [0.717, 1.165) is 21.1 Å². The predicted molar refractivity (Wildman–Crippen MR) is 132 cm³/mol. The lowest BCUT2D eigenvalue weighted by molar-refractivity contribution is 0.251. The summed E-state index contributed by atoms with van der Waals surface area (Å²) in [4.78, 5) is 12.4. The van der Waals surface area contributed by atoms with Crippen LogP contribution in [0.4, 0.5) is 10.5 Å². The Morgan fingerprint density at radius 3 is 2.41 bits per heavy atom. The highest BCUT2D eigenvalue weighted by molar-refractivity contribution is 9.10. The van der Waals surface area contributed by atoms with Crippen LogP contribution in [0.5, 0.6) is 0 Å². The molecule has 0 saturated heterocycles. The van der Waals surface area contributed by atoms with Crippen molar-refractivity contribution in [3.8, 4) is 5.69 Å². The average Bonchev–Trinajstić information content (AvgIpc) is 3.22. The number of urea groups is 1. The smallest absolute Gasteiger partial charge is 0.319 e. The summed E-state index contributed by atoms with van der Waals surface area (Å²) >= 11 is 5.00. The quantitative estimate of drug-likeness (QED) is 0.303. The number of benzene rings is 3. The van der Waals surface area contributed by atoms with Crippen molar-refractivity contribution in [3.05, 3.63) is 100 Å². The normalized spacial score (nSPS) is 10.7. The molecule has 1 heterocycles. The Balaban J connectivity index is 1.50. The lowest BCUT2D eigenvalue weighted by atomic mass is 10.2. The van der Waals surface area contributed by atoms with E-state index < -0.39 is 0 Å². The summed E-state index contributed by atoms with van der Waals surface area (Å²) < 4.78 is 2.95. The van der Waals surface area contributed by atoms with Crippen LogP contribution in [0, 0.1) is 6.92 Å². The molecule has 0 bridgehead atoms. The molecule has 2 amide bonds. The van der Waals surface area contributed by atoms with Crippen LogP contribution in [0.25, 0.3) is 5.69 Å². The van der Waals surface area contributed by atoms with Gasteiger partial charge in [0.25, 0.3) is 0 Å². The minimum absolute atomic E-state index is 0.245. The molecule has 0 spiro atoms. The first kappa shape index (κ1) is 22.1. The maximum absolute atomic E-state index is 12.4. The molecule has 2 N–H and O–H groups in total. The largest absolute Gasteiger partial charge is 0.331 e. The third-order valence-corrected chi connectivity index (χ3v) is 6.24. The van der Waals surface area contributed by atoms with Crippen LogP contribution in [0.3, 0.4) is 0 Å². The first-order valence-electron chi connectivity index (χ1n) is 10.1. The number of amides is 2. The van der Waals surface area contributed by atoms with Gasteiger partial charge < -0.3 is 10.6 Å². The number of halogens is 1. The van der Waals surface area contributed by atoms with Gasteiger partial charge in [-0.05, 0) is 48.9 Å². The van der Waals surface area contributed by atoms with Crippen molar-refractivity contribution >= 4 is 39.4 Å². The van der Waals surface area contributed by atoms with Gasteiger partial charge in [0.1, 0.15) is 0 Å². The van der Waals surface area contributed by atoms with Crippen LogP contribution in [0.15, 0.2) is 88.5 Å². The van der Waals surface area contributed by atoms with Crippen LogP contribution in [-0.2, 0) is 12.3 Å². The SMILES string of the molecule is Cc1ccc(-n2c(CNC(=O)Nc3ccc(Br)cc3)nnc2SCc2ccccc2)cc1. The maximum Gasteiger partial charge on any atom is 0.319 e. The Morgan fingerprint density at radius 2 is 1.69 bits per heavy atom. The summed E-state index contributed by atoms with van der Waals surface area (Å²) in [5, 5.41) is 15.2. The minimum atomic E-state index is -0.302. The molecule has 0 saturated carbocycles. The summed E-state index contributed by atoms with van der Waals surface area (Å²) in [5.74, 6) is 1.44. The topological polar surface area (TPSA) is 71.8 Å². The fraction of sp³-hybridized carbons (Fsp3) is 0.125. The van der Waals surface area contributed by atoms with Crippen LogP contribution in [0.1, 0.15) is 17.0 Å². The van der Waals surface area contributed by atoms with E-state index in [0.29, 0.717) is 11.5 Å². The molecule has 0 aliphatic carbocycles. The van der Waals surface area contributed by atoms with E-state index in [4.69, 9.17) is 0 Å². The second kappa shape index (κ2) is 10.5. The van der Waals surface area contributed by atoms with Crippen LogP contribution >= 0.6 is 27.7 Å². The Bertz CT molecular complexity index is 1180. The summed E-state index contributed by atoms with van der Waals surface area (Å²) in [7, 11) is 0. The fourth-order valence-corrected chi connectivity index (χ4v) is 4.24. The van der Waals surface area contributed by atoms with E-state index in [9.17, 15) is 4.79 Å². The van der Waals surface area contributed by atoms with Gasteiger partial charge >= 0.3 is 6.03 Å². The highest BCUT2D eigenvalue weighted by atomic mass is 79.9. The molecule has 32 heavy (non-hydrogen) atoms. The number of nitrogens with one attached hydrogen (secondary N) is 2. The number of hydrogen-bond donors (Lipinski definition) is 2. The number of aryl methyl sites for hydroxylation is 1. The average molecular weight is 508 g/mol. The molecule has 1 aromatic heterocycles. The molecule has 162 valence electrons. The second-order valence-corrected chi connectivity index (χ2v) is 9.02. The molecule has 0 radical (unpaired) electrons. The lowest BCUT2D eigenvalue weighted by Gasteiger charge is -2.12. The molecule has 0 atom stereocenters. The standard InChI is InChI=1S/C24H22BrN5OS/c1-17-7-13-21(14-8-17)30-22(15-26-23(31)27-20-11-9-19(25)10-12-20)28-29-24(30)32-16-18-5-3-2-4-6-18/h2-14H,15-16H2,1H3,(H2,26,27,31). The van der Waals surface area contributed by atoms with Gasteiger partial charge in [0.2, 0.25) is 0 Å². The Hall–Kier alpha value is -3.10. The number of aromatic nitrogens is 3. The number of carbonyl (C=O) groups excluding carboxylic acids is 1. The molecule has 0 unspecified atom stereocenters. The van der Waals surface area contributed by atoms with E-state index in [1.54, 1.807) is 11.8 Å². The molecule has 0 aliphatic rings. The molecule has 4 rings (SSSR count). The highest BCUT2D eigenvalue weighted by Gasteiger charge is 2.15. The third-order valence-electron chi connectivity index (χ3n) is 4.71. The van der Waals surface area contributed by atoms with Gasteiger partial charge in [-0.25, -0.2) is 4.79 Å². The molecule has 0 fully saturated rings. The van der Waals surface area contributed by atoms with Crippen molar-refractivity contribution in [2.24, 2.45) is 0 Å². The Morgan fingerprint density at radius 1 is 0.969 bits per heavy atom. The Labute approximate surface area is 199 Å². The minimum Gasteiger partial charge on any atom is -0.331 e. The van der Waals surface area contributed by atoms with Gasteiger partial charge in [-0.1, -0.05) is 75.7 Å². The molecule has 6 nitrogen and oxygen atoms in total. The van der Waals surface area contributed by atoms with Crippen molar-refractivity contribution in [3.63, 3.8) is 0 Å². The monoisotopic (exact) mass is 507 g/mol. The first-order valence-corrected chi connectivity index (χ1v) is 11.8. The van der Waals surface area contributed by atoms with Gasteiger partial charge in [0.05, 0.1) is 6.54 Å². The number of anilines is 1. The van der Waals surface area contributed by atoms with Crippen molar-refractivity contribution in [1.82, 2.24) is 20.1 Å². The summed E-state index contributed by atoms with van der Waals surface area (Å²) in [6.45, 7) is 2.30. The molecule has 3 aromatic carbocycles. The number of nitrogens with zero attached hydrogens (tertiary/aromatic N) is 3. The number of rotatable bonds is 7. The van der Waals surface area contributed by atoms with E-state index in [1.807, 2.05) is 59.2 Å². The van der Waals surface area contributed by atoms with Gasteiger partial charge in [0.15, 0.2) is 11.0 Å².